The fourth-order valence-electron chi connectivity index (χ4n) is 10.3. The molecule has 73 heavy (non-hydrogen) atoms. The standard InChI is InChI=1S/C60H90N4O9/c1-9-10-11-12-13-14-15-16-17-18-19-20-21-22-26-29-55(67)63(6)52(41-73-40-46-27-24-23-25-28-46)59(70)61-45(5)53(65)34-35-56(68)64(7)57-48-33-31-43(3)50(39-48)49-37-47(32-30-42(49)2)38-51(60(71)72-8)62-58(69)44(4)36-54(57)66/h23-25,27-28,31-33,37,42,44-45,48,51-52,57H,9-22,26,29-30,34-36,38-41H2,1-8H3,(H,61,70)(H,62,69)/t42?,44-,45-,48+,51+,52-,57+/m1/s1. The lowest BCUT2D eigenvalue weighted by atomic mass is 9.74. The zero-order chi connectivity index (χ0) is 53.3. The normalized spacial score (nSPS) is 21.0. The van der Waals surface area contributed by atoms with Crippen molar-refractivity contribution in [2.75, 3.05) is 27.8 Å². The number of methoxy groups -OCH3 is 1. The van der Waals surface area contributed by atoms with Gasteiger partial charge in [0.15, 0.2) is 11.6 Å². The Morgan fingerprint density at radius 3 is 2.01 bits per heavy atom. The topological polar surface area (TPSA) is 168 Å². The number of esters is 1. The van der Waals surface area contributed by atoms with Gasteiger partial charge in [-0.1, -0.05) is 165 Å². The summed E-state index contributed by atoms with van der Waals surface area (Å²) in [5, 5.41) is 5.62. The van der Waals surface area contributed by atoms with Crippen LogP contribution in [0.1, 0.15) is 181 Å². The van der Waals surface area contributed by atoms with E-state index in [1.54, 1.807) is 27.9 Å². The van der Waals surface area contributed by atoms with Crippen molar-refractivity contribution >= 4 is 41.2 Å². The molecule has 2 N–H and O–H groups in total. The smallest absolute Gasteiger partial charge is 0.328 e. The van der Waals surface area contributed by atoms with Gasteiger partial charge in [-0.3, -0.25) is 28.8 Å². The number of amides is 4. The average Bonchev–Trinajstić information content (AvgIpc) is 3.38. The zero-order valence-electron chi connectivity index (χ0n) is 45.8. The maximum Gasteiger partial charge on any atom is 0.328 e. The van der Waals surface area contributed by atoms with Gasteiger partial charge in [0.1, 0.15) is 12.1 Å². The summed E-state index contributed by atoms with van der Waals surface area (Å²) >= 11 is 0. The molecule has 2 aliphatic carbocycles. The Hall–Kier alpha value is -5.17. The highest BCUT2D eigenvalue weighted by Gasteiger charge is 2.38. The molecule has 0 aromatic heterocycles. The van der Waals surface area contributed by atoms with Gasteiger partial charge in [0.25, 0.3) is 0 Å². The number of benzene rings is 1. The lowest BCUT2D eigenvalue weighted by molar-refractivity contribution is -0.146. The summed E-state index contributed by atoms with van der Waals surface area (Å²) in [5.74, 6) is -3.93. The van der Waals surface area contributed by atoms with E-state index < -0.39 is 59.7 Å². The van der Waals surface area contributed by atoms with Crippen molar-refractivity contribution in [3.8, 4) is 0 Å². The number of unbranched alkanes of at least 4 members (excludes halogenated alkanes) is 14. The van der Waals surface area contributed by atoms with Gasteiger partial charge >= 0.3 is 5.97 Å². The summed E-state index contributed by atoms with van der Waals surface area (Å²) in [6.07, 6.45) is 27.7. The largest absolute Gasteiger partial charge is 0.467 e. The van der Waals surface area contributed by atoms with Crippen LogP contribution in [0.2, 0.25) is 0 Å². The summed E-state index contributed by atoms with van der Waals surface area (Å²) in [4.78, 5) is 99.0. The van der Waals surface area contributed by atoms with E-state index in [9.17, 15) is 33.6 Å². The molecular formula is C60H90N4O9. The van der Waals surface area contributed by atoms with Crippen molar-refractivity contribution in [3.05, 3.63) is 82.5 Å². The first-order chi connectivity index (χ1) is 35.1. The zero-order valence-corrected chi connectivity index (χ0v) is 45.8. The highest BCUT2D eigenvalue weighted by molar-refractivity contribution is 5.96. The van der Waals surface area contributed by atoms with E-state index in [0.717, 1.165) is 60.0 Å². The molecule has 404 valence electrons. The first kappa shape index (κ1) is 60.4. The van der Waals surface area contributed by atoms with E-state index >= 15 is 0 Å². The maximum absolute atomic E-state index is 14.4. The van der Waals surface area contributed by atoms with E-state index in [0.29, 0.717) is 12.8 Å². The third kappa shape index (κ3) is 19.9. The molecule has 4 bridgehead atoms. The summed E-state index contributed by atoms with van der Waals surface area (Å²) in [5.41, 5.74) is 5.05. The Bertz CT molecular complexity index is 2110. The number of allylic oxidation sites excluding steroid dienone is 6. The van der Waals surface area contributed by atoms with Crippen molar-refractivity contribution in [1.82, 2.24) is 20.4 Å². The van der Waals surface area contributed by atoms with Gasteiger partial charge in [0.2, 0.25) is 23.6 Å². The summed E-state index contributed by atoms with van der Waals surface area (Å²) in [6, 6.07) is 5.70. The lowest BCUT2D eigenvalue weighted by Gasteiger charge is -2.37. The van der Waals surface area contributed by atoms with Crippen molar-refractivity contribution < 1.29 is 43.0 Å². The van der Waals surface area contributed by atoms with Crippen LogP contribution in [0.15, 0.2) is 76.9 Å². The molecule has 0 spiro atoms. The molecule has 1 aromatic rings. The number of fused-ring (bicyclic) bond motifs is 4. The monoisotopic (exact) mass is 1010 g/mol. The number of rotatable bonds is 29. The molecule has 13 nitrogen and oxygen atoms in total. The SMILES string of the molecule is CCCCCCCCCCCCCCCCCC(=O)N(C)[C@H](COCc1ccccc1)C(=O)N[C@H](C)C(=O)CCC(=O)N(C)[C@@H]1C(=O)C[C@@H](C)C(=O)N[C@H](C(=O)OC)CC2=CCC(C)C(=C2)C2=C(C)C=C[C@H]1C2. The predicted octanol–water partition coefficient (Wildman–Crippen LogP) is 10.4. The van der Waals surface area contributed by atoms with Gasteiger partial charge in [-0.05, 0) is 66.9 Å². The Balaban J connectivity index is 1.35. The second-order valence-electron chi connectivity index (χ2n) is 21.1. The predicted molar refractivity (Wildman–Crippen MR) is 288 cm³/mol. The molecule has 7 atom stereocenters. The summed E-state index contributed by atoms with van der Waals surface area (Å²) < 4.78 is 11.0. The van der Waals surface area contributed by atoms with Crippen LogP contribution in [-0.4, -0.2) is 103 Å². The number of carbonyl (C=O) groups excluding carboxylic acids is 7. The molecule has 0 saturated heterocycles. The fourth-order valence-corrected chi connectivity index (χ4v) is 10.3. The number of likely N-dealkylation sites (N-methyl/N-ethyl adjacent to an activating group) is 2. The second-order valence-corrected chi connectivity index (χ2v) is 21.1. The second kappa shape index (κ2) is 32.2. The Morgan fingerprint density at radius 1 is 0.781 bits per heavy atom. The fraction of sp³-hybridized carbons (Fsp3) is 0.650. The number of nitrogens with one attached hydrogen (secondary N) is 2. The van der Waals surface area contributed by atoms with Crippen molar-refractivity contribution in [3.63, 3.8) is 0 Å². The number of Topliss-reactive ketones (excluding diaryl/α,β-unsaturated/α-hetero) is 2. The van der Waals surface area contributed by atoms with Gasteiger partial charge in [0.05, 0.1) is 32.4 Å². The average molecular weight is 1010 g/mol. The van der Waals surface area contributed by atoms with Gasteiger partial charge in [-0.2, -0.15) is 0 Å². The van der Waals surface area contributed by atoms with Crippen LogP contribution >= 0.6 is 0 Å². The maximum atomic E-state index is 14.4. The Labute approximate surface area is 437 Å². The van der Waals surface area contributed by atoms with Crippen molar-refractivity contribution in [1.29, 1.82) is 0 Å². The van der Waals surface area contributed by atoms with E-state index in [-0.39, 0.29) is 62.3 Å². The van der Waals surface area contributed by atoms with E-state index in [4.69, 9.17) is 9.47 Å². The minimum atomic E-state index is -0.992. The third-order valence-electron chi connectivity index (χ3n) is 15.2. The van der Waals surface area contributed by atoms with Crippen LogP contribution in [-0.2, 0) is 49.6 Å². The first-order valence-electron chi connectivity index (χ1n) is 27.7. The molecule has 3 aliphatic rings. The first-order valence-corrected chi connectivity index (χ1v) is 27.7. The minimum Gasteiger partial charge on any atom is -0.467 e. The summed E-state index contributed by atoms with van der Waals surface area (Å²) in [7, 11) is 4.45. The van der Waals surface area contributed by atoms with Crippen LogP contribution in [0.5, 0.6) is 0 Å². The molecule has 4 amide bonds. The Kier molecular flexibility index (Phi) is 26.6. The Morgan fingerprint density at radius 2 is 1.40 bits per heavy atom. The number of hydrogen-bond donors (Lipinski definition) is 2. The molecule has 1 heterocycles. The number of carbonyl (C=O) groups is 7. The minimum absolute atomic E-state index is 0.0757. The van der Waals surface area contributed by atoms with Gasteiger partial charge in [0, 0.05) is 58.0 Å². The van der Waals surface area contributed by atoms with E-state index in [1.165, 1.54) is 87.5 Å². The number of ether oxygens (including phenoxy) is 2. The number of nitrogens with zero attached hydrogens (tertiary/aromatic N) is 2. The van der Waals surface area contributed by atoms with Crippen LogP contribution in [0.4, 0.5) is 0 Å². The molecular weight excluding hydrogens is 921 g/mol. The van der Waals surface area contributed by atoms with E-state index in [2.05, 4.69) is 36.6 Å². The van der Waals surface area contributed by atoms with Crippen LogP contribution in [0.3, 0.4) is 0 Å². The molecule has 1 aromatic carbocycles. The molecule has 0 saturated carbocycles. The van der Waals surface area contributed by atoms with E-state index in [1.807, 2.05) is 49.4 Å². The van der Waals surface area contributed by atoms with Gasteiger partial charge in [-0.15, -0.1) is 0 Å². The lowest BCUT2D eigenvalue weighted by Crippen LogP contribution is -2.53. The number of hydrogen-bond acceptors (Lipinski definition) is 9. The third-order valence-corrected chi connectivity index (χ3v) is 15.2. The van der Waals surface area contributed by atoms with Crippen molar-refractivity contribution in [2.24, 2.45) is 17.8 Å². The number of ketones is 2. The molecule has 4 rings (SSSR count). The van der Waals surface area contributed by atoms with Crippen LogP contribution in [0, 0.1) is 17.8 Å². The highest BCUT2D eigenvalue weighted by atomic mass is 16.5. The molecule has 0 fully saturated rings. The molecule has 1 unspecified atom stereocenters. The highest BCUT2D eigenvalue weighted by Crippen LogP contribution is 2.40. The van der Waals surface area contributed by atoms with Gasteiger partial charge < -0.3 is 29.9 Å². The molecule has 13 heteroatoms. The quantitative estimate of drug-likeness (QED) is 0.0586. The van der Waals surface area contributed by atoms with Crippen LogP contribution in [0.25, 0.3) is 0 Å². The van der Waals surface area contributed by atoms with Crippen LogP contribution < -0.4 is 10.6 Å². The van der Waals surface area contributed by atoms with Crippen molar-refractivity contribution in [2.45, 2.75) is 207 Å². The summed E-state index contributed by atoms with van der Waals surface area (Å²) in [6.45, 7) is 9.78. The van der Waals surface area contributed by atoms with Gasteiger partial charge in [-0.25, -0.2) is 4.79 Å². The molecule has 0 radical (unpaired) electrons. The molecule has 1 aliphatic heterocycles.